The van der Waals surface area contributed by atoms with Crippen molar-refractivity contribution in [2.24, 2.45) is 10.9 Å². The van der Waals surface area contributed by atoms with E-state index in [1.165, 1.54) is 0 Å². The predicted molar refractivity (Wildman–Crippen MR) is 110 cm³/mol. The van der Waals surface area contributed by atoms with Crippen molar-refractivity contribution in [3.63, 3.8) is 0 Å². The highest BCUT2D eigenvalue weighted by Crippen LogP contribution is 2.27. The second-order valence-electron chi connectivity index (χ2n) is 6.13. The quantitative estimate of drug-likeness (QED) is 0.405. The number of hydrogen-bond donors (Lipinski definition) is 2. The van der Waals surface area contributed by atoms with Crippen LogP contribution in [0.3, 0.4) is 0 Å². The lowest BCUT2D eigenvalue weighted by Crippen LogP contribution is -2.25. The first kappa shape index (κ1) is 21.3. The highest BCUT2D eigenvalue weighted by atomic mass is 16.4. The van der Waals surface area contributed by atoms with Crippen LogP contribution in [-0.2, 0) is 4.79 Å². The van der Waals surface area contributed by atoms with Crippen molar-refractivity contribution < 1.29 is 9.90 Å². The van der Waals surface area contributed by atoms with Gasteiger partial charge in [-0.1, -0.05) is 24.3 Å². The first-order valence-corrected chi connectivity index (χ1v) is 9.07. The van der Waals surface area contributed by atoms with Gasteiger partial charge in [0.2, 0.25) is 0 Å². The normalized spacial score (nSPS) is 11.6. The van der Waals surface area contributed by atoms with Crippen molar-refractivity contribution in [1.29, 1.82) is 10.5 Å². The van der Waals surface area contributed by atoms with Gasteiger partial charge in [0.15, 0.2) is 5.92 Å². The smallest absolute Gasteiger partial charge is 0.303 e. The number of allylic oxidation sites excluding steroid dienone is 1. The number of rotatable bonds is 8. The third-order valence-corrected chi connectivity index (χ3v) is 4.11. The third-order valence-electron chi connectivity index (χ3n) is 4.11. The molecule has 0 aliphatic heterocycles. The molecule has 0 unspecified atom stereocenters. The summed E-state index contributed by atoms with van der Waals surface area (Å²) in [5, 5.41) is 29.9. The zero-order valence-electron chi connectivity index (χ0n) is 16.0. The third kappa shape index (κ3) is 6.30. The number of nitriles is 2. The molecule has 2 aromatic rings. The van der Waals surface area contributed by atoms with E-state index in [0.29, 0.717) is 18.5 Å². The first-order valence-electron chi connectivity index (χ1n) is 9.07. The van der Waals surface area contributed by atoms with Gasteiger partial charge in [-0.3, -0.25) is 9.78 Å². The van der Waals surface area contributed by atoms with Gasteiger partial charge >= 0.3 is 5.97 Å². The number of benzene rings is 1. The lowest BCUT2D eigenvalue weighted by molar-refractivity contribution is -0.137. The monoisotopic (exact) mass is 387 g/mol. The van der Waals surface area contributed by atoms with Crippen LogP contribution in [0.25, 0.3) is 5.57 Å². The molecule has 0 aliphatic carbocycles. The number of nitrogens with zero attached hydrogens (tertiary/aromatic N) is 4. The van der Waals surface area contributed by atoms with E-state index >= 15 is 0 Å². The number of carboxylic acid groups (broad SMARTS) is 1. The van der Waals surface area contributed by atoms with E-state index in [-0.39, 0.29) is 12.3 Å². The molecule has 0 bridgehead atoms. The Morgan fingerprint density at radius 2 is 2.03 bits per heavy atom. The molecule has 0 amide bonds. The number of carboxylic acids is 1. The average molecular weight is 387 g/mol. The Labute approximate surface area is 169 Å². The highest BCUT2D eigenvalue weighted by molar-refractivity contribution is 5.91. The first-order chi connectivity index (χ1) is 14.1. The Kier molecular flexibility index (Phi) is 8.10. The Morgan fingerprint density at radius 1 is 1.28 bits per heavy atom. The SMILES string of the molecule is CNC(=Nc1cccc(/C(=C\CCCC(=O)O)c2cccnc2)c1)C(C#N)C#N. The van der Waals surface area contributed by atoms with Crippen LogP contribution in [-0.4, -0.2) is 28.9 Å². The Morgan fingerprint density at radius 3 is 2.66 bits per heavy atom. The summed E-state index contributed by atoms with van der Waals surface area (Å²) in [4.78, 5) is 19.4. The van der Waals surface area contributed by atoms with E-state index in [2.05, 4.69) is 15.3 Å². The van der Waals surface area contributed by atoms with Crippen LogP contribution in [0.5, 0.6) is 0 Å². The molecule has 0 atom stereocenters. The minimum absolute atomic E-state index is 0.108. The summed E-state index contributed by atoms with van der Waals surface area (Å²) in [7, 11) is 1.62. The van der Waals surface area contributed by atoms with Crippen molar-refractivity contribution in [2.45, 2.75) is 19.3 Å². The summed E-state index contributed by atoms with van der Waals surface area (Å²) in [5.74, 6) is -1.52. The molecule has 2 N–H and O–H groups in total. The van der Waals surface area contributed by atoms with Crippen molar-refractivity contribution in [3.05, 3.63) is 66.0 Å². The maximum Gasteiger partial charge on any atom is 0.303 e. The van der Waals surface area contributed by atoms with E-state index in [1.54, 1.807) is 25.5 Å². The van der Waals surface area contributed by atoms with Crippen molar-refractivity contribution in [3.8, 4) is 12.1 Å². The molecule has 0 aliphatic rings. The zero-order chi connectivity index (χ0) is 21.1. The number of aliphatic carboxylic acids is 1. The molecule has 1 heterocycles. The predicted octanol–water partition coefficient (Wildman–Crippen LogP) is 3.68. The van der Waals surface area contributed by atoms with E-state index in [4.69, 9.17) is 15.6 Å². The van der Waals surface area contributed by atoms with Gasteiger partial charge in [0.25, 0.3) is 0 Å². The average Bonchev–Trinajstić information content (AvgIpc) is 2.74. The van der Waals surface area contributed by atoms with Crippen molar-refractivity contribution in [1.82, 2.24) is 10.3 Å². The van der Waals surface area contributed by atoms with Gasteiger partial charge in [0, 0.05) is 31.4 Å². The molecule has 29 heavy (non-hydrogen) atoms. The van der Waals surface area contributed by atoms with Crippen LogP contribution in [0, 0.1) is 28.6 Å². The molecular formula is C22H21N5O2. The van der Waals surface area contributed by atoms with Crippen LogP contribution in [0.2, 0.25) is 0 Å². The van der Waals surface area contributed by atoms with Gasteiger partial charge < -0.3 is 10.4 Å². The van der Waals surface area contributed by atoms with Crippen molar-refractivity contribution in [2.75, 3.05) is 7.05 Å². The number of aromatic nitrogens is 1. The molecule has 0 fully saturated rings. The molecule has 7 heteroatoms. The van der Waals surface area contributed by atoms with Crippen molar-refractivity contribution >= 4 is 23.1 Å². The maximum absolute atomic E-state index is 10.8. The zero-order valence-corrected chi connectivity index (χ0v) is 16.0. The number of amidine groups is 1. The summed E-state index contributed by atoms with van der Waals surface area (Å²) in [6, 6.07) is 15.0. The fraction of sp³-hybridized carbons (Fsp3) is 0.227. The highest BCUT2D eigenvalue weighted by Gasteiger charge is 2.13. The Balaban J connectivity index is 2.41. The van der Waals surface area contributed by atoms with E-state index in [9.17, 15) is 4.79 Å². The summed E-state index contributed by atoms with van der Waals surface area (Å²) in [6.07, 6.45) is 6.68. The molecule has 7 nitrogen and oxygen atoms in total. The number of nitrogens with one attached hydrogen (secondary N) is 1. The number of pyridine rings is 1. The summed E-state index contributed by atoms with van der Waals surface area (Å²) < 4.78 is 0. The molecule has 0 saturated carbocycles. The summed E-state index contributed by atoms with van der Waals surface area (Å²) in [5.41, 5.74) is 3.31. The minimum Gasteiger partial charge on any atom is -0.481 e. The fourth-order valence-electron chi connectivity index (χ4n) is 2.72. The van der Waals surface area contributed by atoms with Crippen LogP contribution in [0.4, 0.5) is 5.69 Å². The molecule has 1 aromatic heterocycles. The summed E-state index contributed by atoms with van der Waals surface area (Å²) >= 11 is 0. The summed E-state index contributed by atoms with van der Waals surface area (Å²) in [6.45, 7) is 0. The van der Waals surface area contributed by atoms with E-state index in [0.717, 1.165) is 16.7 Å². The standard InChI is InChI=1S/C22H21N5O2/c1-25-22(18(13-23)14-24)27-19-8-4-6-16(12-19)20(9-2-3-10-21(28)29)17-7-5-11-26-15-17/h4-9,11-12,15,18H,2-3,10H2,1H3,(H,25,27)(H,28,29)/b20-9+. The van der Waals surface area contributed by atoms with Crippen LogP contribution < -0.4 is 5.32 Å². The number of aliphatic imine (C=N–C) groups is 1. The molecule has 1 aromatic carbocycles. The maximum atomic E-state index is 10.8. The second-order valence-corrected chi connectivity index (χ2v) is 6.13. The molecular weight excluding hydrogens is 366 g/mol. The molecule has 0 saturated heterocycles. The van der Waals surface area contributed by atoms with Gasteiger partial charge in [0.05, 0.1) is 17.8 Å². The van der Waals surface area contributed by atoms with Gasteiger partial charge in [-0.2, -0.15) is 10.5 Å². The van der Waals surface area contributed by atoms with Gasteiger partial charge in [-0.15, -0.1) is 0 Å². The Hall–Kier alpha value is -3.97. The molecule has 2 rings (SSSR count). The minimum atomic E-state index is -0.979. The lowest BCUT2D eigenvalue weighted by atomic mass is 9.97. The lowest BCUT2D eigenvalue weighted by Gasteiger charge is -2.10. The van der Waals surface area contributed by atoms with E-state index < -0.39 is 11.9 Å². The number of hydrogen-bond acceptors (Lipinski definition) is 5. The fourth-order valence-corrected chi connectivity index (χ4v) is 2.72. The van der Waals surface area contributed by atoms with Gasteiger partial charge in [-0.05, 0) is 42.2 Å². The van der Waals surface area contributed by atoms with Crippen LogP contribution in [0.15, 0.2) is 59.9 Å². The molecule has 0 radical (unpaired) electrons. The van der Waals surface area contributed by atoms with Gasteiger partial charge in [-0.25, -0.2) is 4.99 Å². The van der Waals surface area contributed by atoms with Gasteiger partial charge in [0.1, 0.15) is 5.84 Å². The molecule has 0 spiro atoms. The van der Waals surface area contributed by atoms with E-state index in [1.807, 2.05) is 48.5 Å². The second kappa shape index (κ2) is 11.0. The molecule has 146 valence electrons. The Bertz CT molecular complexity index is 970. The largest absolute Gasteiger partial charge is 0.481 e. The number of carbonyl (C=O) groups is 1. The van der Waals surface area contributed by atoms with Crippen LogP contribution in [0.1, 0.15) is 30.4 Å². The topological polar surface area (TPSA) is 122 Å². The number of unbranched alkanes of at least 4 members (excludes halogenated alkanes) is 1. The van der Waals surface area contributed by atoms with Crippen LogP contribution >= 0.6 is 0 Å².